The Balaban J connectivity index is 1.35. The number of rotatable bonds is 4. The van der Waals surface area contributed by atoms with Crippen molar-refractivity contribution in [2.75, 3.05) is 0 Å². The van der Waals surface area contributed by atoms with Crippen molar-refractivity contribution < 1.29 is 29.0 Å². The molecule has 3 unspecified atom stereocenters. The Morgan fingerprint density at radius 3 is 2.20 bits per heavy atom. The van der Waals surface area contributed by atoms with E-state index in [0.717, 1.165) is 44.2 Å². The average Bonchev–Trinajstić information content (AvgIpc) is 3.22. The Hall–Kier alpha value is -1.63. The van der Waals surface area contributed by atoms with Crippen molar-refractivity contribution in [2.24, 2.45) is 50.0 Å². The first-order valence-corrected chi connectivity index (χ1v) is 16.2. The van der Waals surface area contributed by atoms with Crippen molar-refractivity contribution in [2.45, 2.75) is 150 Å². The Morgan fingerprint density at radius 1 is 0.902 bits per heavy atom. The summed E-state index contributed by atoms with van der Waals surface area (Å²) in [5.74, 6) is 0.702. The third-order valence-corrected chi connectivity index (χ3v) is 14.4. The van der Waals surface area contributed by atoms with Gasteiger partial charge in [-0.25, -0.2) is 0 Å². The van der Waals surface area contributed by atoms with Gasteiger partial charge in [0.15, 0.2) is 0 Å². The molecule has 1 saturated heterocycles. The number of fused-ring (bicyclic) bond motifs is 2. The third kappa shape index (κ3) is 3.68. The van der Waals surface area contributed by atoms with Crippen LogP contribution >= 0.6 is 0 Å². The number of esters is 2. The molecule has 0 bridgehead atoms. The smallest absolute Gasteiger partial charge is 0.303 e. The SMILES string of the molecule is CC(=O)O[C@H]1C[C@@]2(C)C3CCC4C(C)(C)/C(=N\O)CC[C@@]45C[C@@]35CC[C@]2(C)C1[C@]1(C)CC[C@H](C(C)(C)OC(C)=O)O1. The lowest BCUT2D eigenvalue weighted by Gasteiger charge is -2.63. The van der Waals surface area contributed by atoms with Crippen molar-refractivity contribution >= 4 is 17.7 Å². The summed E-state index contributed by atoms with van der Waals surface area (Å²) < 4.78 is 18.9. The summed E-state index contributed by atoms with van der Waals surface area (Å²) in [6.45, 7) is 18.7. The highest BCUT2D eigenvalue weighted by atomic mass is 16.6. The second-order valence-electron chi connectivity index (χ2n) is 16.8. The van der Waals surface area contributed by atoms with Crippen molar-refractivity contribution in [1.29, 1.82) is 0 Å². The van der Waals surface area contributed by atoms with Gasteiger partial charge in [-0.3, -0.25) is 9.59 Å². The molecular formula is C34H53NO6. The molecule has 2 spiro atoms. The van der Waals surface area contributed by atoms with Crippen LogP contribution in [-0.2, 0) is 23.8 Å². The molecule has 1 heterocycles. The van der Waals surface area contributed by atoms with Gasteiger partial charge in [-0.1, -0.05) is 32.9 Å². The largest absolute Gasteiger partial charge is 0.462 e. The number of oxime groups is 1. The summed E-state index contributed by atoms with van der Waals surface area (Å²) in [5.41, 5.74) is 0.354. The molecule has 5 aliphatic carbocycles. The third-order valence-electron chi connectivity index (χ3n) is 14.4. The Labute approximate surface area is 246 Å². The fraction of sp³-hybridized carbons (Fsp3) is 0.912. The van der Waals surface area contributed by atoms with Crippen LogP contribution in [0.15, 0.2) is 5.16 Å². The number of carbonyl (C=O) groups excluding carboxylic acids is 2. The molecule has 41 heavy (non-hydrogen) atoms. The molecule has 1 N–H and O–H groups in total. The molecule has 0 aromatic heterocycles. The number of hydrogen-bond donors (Lipinski definition) is 1. The Kier molecular flexibility index (Phi) is 6.27. The van der Waals surface area contributed by atoms with E-state index in [0.29, 0.717) is 22.7 Å². The number of nitrogens with zero attached hydrogens (tertiary/aromatic N) is 1. The minimum atomic E-state index is -0.719. The van der Waals surface area contributed by atoms with E-state index >= 15 is 0 Å². The second kappa shape index (κ2) is 8.72. The molecule has 5 saturated carbocycles. The fourth-order valence-electron chi connectivity index (χ4n) is 12.8. The van der Waals surface area contributed by atoms with Gasteiger partial charge in [0, 0.05) is 25.2 Å². The lowest BCUT2D eigenvalue weighted by atomic mass is 9.41. The first-order valence-electron chi connectivity index (χ1n) is 16.2. The van der Waals surface area contributed by atoms with Gasteiger partial charge in [-0.15, -0.1) is 0 Å². The molecule has 7 heteroatoms. The van der Waals surface area contributed by atoms with Crippen LogP contribution in [0.1, 0.15) is 127 Å². The second-order valence-corrected chi connectivity index (χ2v) is 16.8. The molecular weight excluding hydrogens is 518 g/mol. The molecule has 7 nitrogen and oxygen atoms in total. The van der Waals surface area contributed by atoms with Crippen LogP contribution in [0, 0.1) is 44.8 Å². The van der Waals surface area contributed by atoms with Crippen LogP contribution < -0.4 is 0 Å². The van der Waals surface area contributed by atoms with E-state index < -0.39 is 11.2 Å². The lowest BCUT2D eigenvalue weighted by molar-refractivity contribution is -0.203. The highest BCUT2D eigenvalue weighted by Crippen LogP contribution is 2.89. The lowest BCUT2D eigenvalue weighted by Crippen LogP contribution is -2.59. The topological polar surface area (TPSA) is 94.4 Å². The minimum Gasteiger partial charge on any atom is -0.462 e. The van der Waals surface area contributed by atoms with Crippen LogP contribution in [0.5, 0.6) is 0 Å². The summed E-state index contributed by atoms with van der Waals surface area (Å²) >= 11 is 0. The van der Waals surface area contributed by atoms with Gasteiger partial charge in [-0.2, -0.15) is 0 Å². The van der Waals surface area contributed by atoms with Gasteiger partial charge >= 0.3 is 11.9 Å². The zero-order chi connectivity index (χ0) is 30.0. The van der Waals surface area contributed by atoms with Gasteiger partial charge < -0.3 is 19.4 Å². The van der Waals surface area contributed by atoms with Crippen molar-refractivity contribution in [3.63, 3.8) is 0 Å². The van der Waals surface area contributed by atoms with Crippen molar-refractivity contribution in [3.8, 4) is 0 Å². The standard InChI is InChI=1S/C34H53NO6/c1-20(36)39-22-18-31(8)24-11-10-23-28(3,4)25(35-38)12-15-33(23)19-34(24,33)17-16-30(31,7)27(22)32(9)14-13-26(41-32)29(5,6)40-21(2)37/h22-24,26-27,38H,10-19H2,1-9H3/b35-25-/t22-,23?,24?,26+,27?,30+,31-,32-,33+,34-/m0/s1. The minimum absolute atomic E-state index is 0.0237. The molecule has 6 aliphatic rings. The number of ether oxygens (including phenoxy) is 3. The van der Waals surface area contributed by atoms with Crippen LogP contribution in [-0.4, -0.2) is 46.3 Å². The zero-order valence-electron chi connectivity index (χ0n) is 26.9. The molecule has 0 radical (unpaired) electrons. The summed E-state index contributed by atoms with van der Waals surface area (Å²) in [4.78, 5) is 24.4. The maximum atomic E-state index is 12.5. The average molecular weight is 572 g/mol. The summed E-state index contributed by atoms with van der Waals surface area (Å²) in [7, 11) is 0. The Morgan fingerprint density at radius 2 is 1.56 bits per heavy atom. The first kappa shape index (κ1) is 29.4. The van der Waals surface area contributed by atoms with Gasteiger partial charge in [-0.05, 0) is 118 Å². The normalized spacial score (nSPS) is 50.8. The summed E-state index contributed by atoms with van der Waals surface area (Å²) in [6, 6.07) is 0. The predicted molar refractivity (Wildman–Crippen MR) is 155 cm³/mol. The van der Waals surface area contributed by atoms with Crippen LogP contribution in [0.2, 0.25) is 0 Å². The van der Waals surface area contributed by atoms with Gasteiger partial charge in [0.2, 0.25) is 0 Å². The van der Waals surface area contributed by atoms with Gasteiger partial charge in [0.05, 0.1) is 17.4 Å². The molecule has 230 valence electrons. The van der Waals surface area contributed by atoms with Crippen LogP contribution in [0.25, 0.3) is 0 Å². The molecule has 10 atom stereocenters. The van der Waals surface area contributed by atoms with E-state index in [9.17, 15) is 14.8 Å². The number of hydrogen-bond acceptors (Lipinski definition) is 7. The van der Waals surface area contributed by atoms with E-state index in [1.165, 1.54) is 32.6 Å². The fourth-order valence-corrected chi connectivity index (χ4v) is 12.8. The van der Waals surface area contributed by atoms with Crippen LogP contribution in [0.3, 0.4) is 0 Å². The van der Waals surface area contributed by atoms with E-state index in [-0.39, 0.29) is 46.3 Å². The van der Waals surface area contributed by atoms with Gasteiger partial charge in [0.1, 0.15) is 11.7 Å². The maximum absolute atomic E-state index is 12.5. The highest BCUT2D eigenvalue weighted by Gasteiger charge is 2.83. The molecule has 6 fully saturated rings. The van der Waals surface area contributed by atoms with Crippen molar-refractivity contribution in [3.05, 3.63) is 0 Å². The highest BCUT2D eigenvalue weighted by molar-refractivity contribution is 5.90. The summed E-state index contributed by atoms with van der Waals surface area (Å²) in [5, 5.41) is 13.6. The van der Waals surface area contributed by atoms with E-state index in [2.05, 4.69) is 39.8 Å². The molecule has 0 amide bonds. The van der Waals surface area contributed by atoms with E-state index in [1.807, 2.05) is 13.8 Å². The molecule has 0 aromatic carbocycles. The van der Waals surface area contributed by atoms with Crippen LogP contribution in [0.4, 0.5) is 0 Å². The molecule has 0 aromatic rings. The first-order chi connectivity index (χ1) is 18.9. The summed E-state index contributed by atoms with van der Waals surface area (Å²) in [6.07, 6.45) is 10.1. The zero-order valence-corrected chi connectivity index (χ0v) is 26.9. The van der Waals surface area contributed by atoms with E-state index in [4.69, 9.17) is 14.2 Å². The Bertz CT molecular complexity index is 1180. The quantitative estimate of drug-likeness (QED) is 0.220. The molecule has 1 aliphatic heterocycles. The van der Waals surface area contributed by atoms with Crippen molar-refractivity contribution in [1.82, 2.24) is 0 Å². The van der Waals surface area contributed by atoms with E-state index in [1.54, 1.807) is 6.92 Å². The monoisotopic (exact) mass is 571 g/mol. The predicted octanol–water partition coefficient (Wildman–Crippen LogP) is 7.08. The number of carbonyl (C=O) groups is 2. The molecule has 6 rings (SSSR count). The maximum Gasteiger partial charge on any atom is 0.303 e. The van der Waals surface area contributed by atoms with Gasteiger partial charge in [0.25, 0.3) is 0 Å².